The minimum absolute atomic E-state index is 0.530. The SMILES string of the molecule is Nc1ccc(-c2cnc3ccccc3c2)cn1. The highest BCUT2D eigenvalue weighted by Crippen LogP contribution is 2.22. The lowest BCUT2D eigenvalue weighted by Gasteiger charge is -2.03. The van der Waals surface area contributed by atoms with Gasteiger partial charge in [0, 0.05) is 28.9 Å². The Labute approximate surface area is 98.9 Å². The van der Waals surface area contributed by atoms with Crippen molar-refractivity contribution in [3.05, 3.63) is 54.9 Å². The van der Waals surface area contributed by atoms with E-state index >= 15 is 0 Å². The van der Waals surface area contributed by atoms with Crippen LogP contribution < -0.4 is 5.73 Å². The van der Waals surface area contributed by atoms with E-state index in [1.165, 1.54) is 0 Å². The Kier molecular flexibility index (Phi) is 2.22. The van der Waals surface area contributed by atoms with Crippen molar-refractivity contribution in [1.29, 1.82) is 0 Å². The molecule has 2 heterocycles. The van der Waals surface area contributed by atoms with Gasteiger partial charge in [0.05, 0.1) is 5.52 Å². The maximum atomic E-state index is 5.57. The van der Waals surface area contributed by atoms with Crippen LogP contribution >= 0.6 is 0 Å². The third-order valence-corrected chi connectivity index (χ3v) is 2.71. The van der Waals surface area contributed by atoms with E-state index in [9.17, 15) is 0 Å². The van der Waals surface area contributed by atoms with Crippen LogP contribution in [0.5, 0.6) is 0 Å². The molecule has 2 aromatic heterocycles. The van der Waals surface area contributed by atoms with Gasteiger partial charge in [0.2, 0.25) is 0 Å². The number of nitrogens with two attached hydrogens (primary N) is 1. The lowest BCUT2D eigenvalue weighted by atomic mass is 10.1. The second-order valence-electron chi connectivity index (χ2n) is 3.89. The standard InChI is InChI=1S/C14H11N3/c15-14-6-5-11(8-17-14)12-7-10-3-1-2-4-13(10)16-9-12/h1-9H,(H2,15,17). The largest absolute Gasteiger partial charge is 0.384 e. The molecule has 0 unspecified atom stereocenters. The van der Waals surface area contributed by atoms with Crippen LogP contribution in [0.15, 0.2) is 54.9 Å². The van der Waals surface area contributed by atoms with Gasteiger partial charge < -0.3 is 5.73 Å². The molecule has 17 heavy (non-hydrogen) atoms. The molecule has 82 valence electrons. The molecule has 0 aliphatic rings. The molecule has 0 aliphatic heterocycles. The van der Waals surface area contributed by atoms with Crippen LogP contribution in [0, 0.1) is 0 Å². The van der Waals surface area contributed by atoms with Crippen molar-refractivity contribution in [1.82, 2.24) is 9.97 Å². The van der Waals surface area contributed by atoms with E-state index in [2.05, 4.69) is 22.1 Å². The zero-order valence-electron chi connectivity index (χ0n) is 9.17. The Morgan fingerprint density at radius 3 is 2.47 bits per heavy atom. The molecule has 0 radical (unpaired) electrons. The number of rotatable bonds is 1. The first kappa shape index (κ1) is 9.78. The lowest BCUT2D eigenvalue weighted by molar-refractivity contribution is 1.33. The van der Waals surface area contributed by atoms with Gasteiger partial charge in [-0.15, -0.1) is 0 Å². The van der Waals surface area contributed by atoms with Crippen molar-refractivity contribution in [2.45, 2.75) is 0 Å². The Bertz CT molecular complexity index is 660. The number of fused-ring (bicyclic) bond motifs is 1. The molecule has 2 N–H and O–H groups in total. The second-order valence-corrected chi connectivity index (χ2v) is 3.89. The highest BCUT2D eigenvalue weighted by Gasteiger charge is 2.00. The monoisotopic (exact) mass is 221 g/mol. The number of nitrogens with zero attached hydrogens (tertiary/aromatic N) is 2. The maximum absolute atomic E-state index is 5.57. The normalized spacial score (nSPS) is 10.6. The Balaban J connectivity index is 2.14. The Morgan fingerprint density at radius 2 is 1.65 bits per heavy atom. The third kappa shape index (κ3) is 1.83. The molecule has 0 aliphatic carbocycles. The van der Waals surface area contributed by atoms with Crippen LogP contribution in [0.3, 0.4) is 0 Å². The average Bonchev–Trinajstić information content (AvgIpc) is 2.39. The highest BCUT2D eigenvalue weighted by molar-refractivity contribution is 5.83. The predicted octanol–water partition coefficient (Wildman–Crippen LogP) is 2.88. The van der Waals surface area contributed by atoms with Crippen LogP contribution in [0.4, 0.5) is 5.82 Å². The number of para-hydroxylation sites is 1. The smallest absolute Gasteiger partial charge is 0.123 e. The summed E-state index contributed by atoms with van der Waals surface area (Å²) in [6, 6.07) is 13.9. The highest BCUT2D eigenvalue weighted by atomic mass is 14.8. The van der Waals surface area contributed by atoms with Gasteiger partial charge >= 0.3 is 0 Å². The van der Waals surface area contributed by atoms with Gasteiger partial charge in [-0.25, -0.2) is 4.98 Å². The van der Waals surface area contributed by atoms with Gasteiger partial charge in [-0.3, -0.25) is 4.98 Å². The molecule has 0 fully saturated rings. The molecular weight excluding hydrogens is 210 g/mol. The Morgan fingerprint density at radius 1 is 0.824 bits per heavy atom. The first-order valence-corrected chi connectivity index (χ1v) is 5.40. The van der Waals surface area contributed by atoms with Gasteiger partial charge in [0.1, 0.15) is 5.82 Å². The third-order valence-electron chi connectivity index (χ3n) is 2.71. The molecule has 0 saturated heterocycles. The van der Waals surface area contributed by atoms with Gasteiger partial charge in [0.25, 0.3) is 0 Å². The summed E-state index contributed by atoms with van der Waals surface area (Å²) < 4.78 is 0. The molecule has 0 spiro atoms. The van der Waals surface area contributed by atoms with Gasteiger partial charge in [-0.05, 0) is 24.3 Å². The van der Waals surface area contributed by atoms with Crippen LogP contribution in [0.2, 0.25) is 0 Å². The van der Waals surface area contributed by atoms with Crippen molar-refractivity contribution < 1.29 is 0 Å². The van der Waals surface area contributed by atoms with E-state index in [-0.39, 0.29) is 0 Å². The summed E-state index contributed by atoms with van der Waals surface area (Å²) >= 11 is 0. The zero-order chi connectivity index (χ0) is 11.7. The van der Waals surface area contributed by atoms with Gasteiger partial charge in [-0.1, -0.05) is 18.2 Å². The summed E-state index contributed by atoms with van der Waals surface area (Å²) in [7, 11) is 0. The minimum Gasteiger partial charge on any atom is -0.384 e. The average molecular weight is 221 g/mol. The number of aromatic nitrogens is 2. The lowest BCUT2D eigenvalue weighted by Crippen LogP contribution is -1.89. The van der Waals surface area contributed by atoms with Crippen LogP contribution in [0.1, 0.15) is 0 Å². The van der Waals surface area contributed by atoms with Crippen molar-refractivity contribution in [3.63, 3.8) is 0 Å². The number of nitrogen functional groups attached to an aromatic ring is 1. The van der Waals surface area contributed by atoms with Crippen molar-refractivity contribution in [3.8, 4) is 11.1 Å². The number of hydrogen-bond acceptors (Lipinski definition) is 3. The first-order valence-electron chi connectivity index (χ1n) is 5.40. The van der Waals surface area contributed by atoms with Gasteiger partial charge in [-0.2, -0.15) is 0 Å². The summed E-state index contributed by atoms with van der Waals surface area (Å²) in [6.07, 6.45) is 3.62. The predicted molar refractivity (Wildman–Crippen MR) is 69.4 cm³/mol. The topological polar surface area (TPSA) is 51.8 Å². The molecule has 3 rings (SSSR count). The molecule has 3 nitrogen and oxygen atoms in total. The summed E-state index contributed by atoms with van der Waals surface area (Å²) in [5.74, 6) is 0.530. The fraction of sp³-hybridized carbons (Fsp3) is 0. The number of anilines is 1. The van der Waals surface area contributed by atoms with Crippen molar-refractivity contribution in [2.24, 2.45) is 0 Å². The minimum atomic E-state index is 0.530. The Hall–Kier alpha value is -2.42. The molecule has 0 atom stereocenters. The molecular formula is C14H11N3. The summed E-state index contributed by atoms with van der Waals surface area (Å²) in [5, 5.41) is 1.13. The quantitative estimate of drug-likeness (QED) is 0.687. The van der Waals surface area contributed by atoms with E-state index in [1.54, 1.807) is 12.3 Å². The van der Waals surface area contributed by atoms with E-state index in [1.807, 2.05) is 30.5 Å². The van der Waals surface area contributed by atoms with Crippen molar-refractivity contribution in [2.75, 3.05) is 5.73 Å². The first-order chi connectivity index (χ1) is 8.33. The van der Waals surface area contributed by atoms with E-state index in [0.717, 1.165) is 22.0 Å². The maximum Gasteiger partial charge on any atom is 0.123 e. The summed E-state index contributed by atoms with van der Waals surface area (Å²) in [6.45, 7) is 0. The molecule has 1 aromatic carbocycles. The molecule has 3 aromatic rings. The number of hydrogen-bond donors (Lipinski definition) is 1. The van der Waals surface area contributed by atoms with Gasteiger partial charge in [0.15, 0.2) is 0 Å². The summed E-state index contributed by atoms with van der Waals surface area (Å²) in [5.41, 5.74) is 8.65. The molecule has 0 bridgehead atoms. The van der Waals surface area contributed by atoms with E-state index in [0.29, 0.717) is 5.82 Å². The van der Waals surface area contributed by atoms with E-state index in [4.69, 9.17) is 5.73 Å². The second kappa shape index (κ2) is 3.87. The van der Waals surface area contributed by atoms with E-state index < -0.39 is 0 Å². The van der Waals surface area contributed by atoms with Crippen LogP contribution in [-0.4, -0.2) is 9.97 Å². The number of benzene rings is 1. The molecule has 0 amide bonds. The molecule has 0 saturated carbocycles. The van der Waals surface area contributed by atoms with Crippen molar-refractivity contribution >= 4 is 16.7 Å². The fourth-order valence-corrected chi connectivity index (χ4v) is 1.80. The van der Waals surface area contributed by atoms with Crippen LogP contribution in [-0.2, 0) is 0 Å². The fourth-order valence-electron chi connectivity index (χ4n) is 1.80. The summed E-state index contributed by atoms with van der Waals surface area (Å²) in [4.78, 5) is 8.51. The molecule has 3 heteroatoms. The zero-order valence-corrected chi connectivity index (χ0v) is 9.17. The number of pyridine rings is 2. The van der Waals surface area contributed by atoms with Crippen LogP contribution in [0.25, 0.3) is 22.0 Å².